The zero-order chi connectivity index (χ0) is 14.8. The Bertz CT molecular complexity index is 389. The molecule has 0 bridgehead atoms. The fourth-order valence-corrected chi connectivity index (χ4v) is 1.68. The summed E-state index contributed by atoms with van der Waals surface area (Å²) in [6.07, 6.45) is 3.71. The van der Waals surface area contributed by atoms with Crippen LogP contribution in [0.1, 0.15) is 38.7 Å². The Kier molecular flexibility index (Phi) is 7.73. The van der Waals surface area contributed by atoms with Gasteiger partial charge in [0.15, 0.2) is 6.61 Å². The summed E-state index contributed by atoms with van der Waals surface area (Å²) in [5.74, 6) is 0.349. The van der Waals surface area contributed by atoms with E-state index >= 15 is 0 Å². The van der Waals surface area contributed by atoms with Crippen molar-refractivity contribution in [2.45, 2.75) is 45.6 Å². The maximum absolute atomic E-state index is 11.4. The molecule has 4 heteroatoms. The van der Waals surface area contributed by atoms with Crippen molar-refractivity contribution in [2.24, 2.45) is 5.73 Å². The monoisotopic (exact) mass is 279 g/mol. The van der Waals surface area contributed by atoms with Crippen molar-refractivity contribution < 1.29 is 14.3 Å². The van der Waals surface area contributed by atoms with Crippen LogP contribution in [-0.4, -0.2) is 25.2 Å². The molecule has 112 valence electrons. The molecule has 0 aliphatic heterocycles. The smallest absolute Gasteiger partial charge is 0.344 e. The highest BCUT2D eigenvalue weighted by Gasteiger charge is 2.05. The summed E-state index contributed by atoms with van der Waals surface area (Å²) in [5, 5.41) is 0. The molecule has 1 aromatic carbocycles. The summed E-state index contributed by atoms with van der Waals surface area (Å²) in [6, 6.07) is 7.87. The highest BCUT2D eigenvalue weighted by molar-refractivity contribution is 5.71. The van der Waals surface area contributed by atoms with Crippen LogP contribution in [-0.2, 0) is 16.0 Å². The minimum atomic E-state index is -0.324. The minimum Gasteiger partial charge on any atom is -0.482 e. The van der Waals surface area contributed by atoms with Crippen LogP contribution in [0, 0.1) is 0 Å². The summed E-state index contributed by atoms with van der Waals surface area (Å²) in [6.45, 7) is 4.55. The second-order valence-electron chi connectivity index (χ2n) is 4.88. The summed E-state index contributed by atoms with van der Waals surface area (Å²) in [5.41, 5.74) is 7.08. The number of rotatable bonds is 9. The van der Waals surface area contributed by atoms with E-state index in [1.165, 1.54) is 5.56 Å². The SMILES string of the molecule is CCCCOC(=O)COc1ccc(CC(N)CC)cc1. The van der Waals surface area contributed by atoms with E-state index in [9.17, 15) is 4.79 Å². The lowest BCUT2D eigenvalue weighted by Crippen LogP contribution is -2.21. The van der Waals surface area contributed by atoms with Crippen molar-refractivity contribution in [3.63, 3.8) is 0 Å². The lowest BCUT2D eigenvalue weighted by molar-refractivity contribution is -0.146. The average molecular weight is 279 g/mol. The standard InChI is InChI=1S/C16H25NO3/c1-3-5-10-19-16(18)12-20-15-8-6-13(7-9-15)11-14(17)4-2/h6-9,14H,3-5,10-12,17H2,1-2H3. The Morgan fingerprint density at radius 2 is 1.95 bits per heavy atom. The number of nitrogens with two attached hydrogens (primary N) is 1. The van der Waals surface area contributed by atoms with Crippen molar-refractivity contribution in [1.82, 2.24) is 0 Å². The molecule has 1 atom stereocenters. The van der Waals surface area contributed by atoms with E-state index in [2.05, 4.69) is 13.8 Å². The van der Waals surface area contributed by atoms with Crippen molar-refractivity contribution in [3.8, 4) is 5.75 Å². The summed E-state index contributed by atoms with van der Waals surface area (Å²) in [7, 11) is 0. The molecule has 0 aliphatic carbocycles. The minimum absolute atomic E-state index is 0.0441. The van der Waals surface area contributed by atoms with Gasteiger partial charge in [-0.15, -0.1) is 0 Å². The molecule has 0 spiro atoms. The molecular weight excluding hydrogens is 254 g/mol. The highest BCUT2D eigenvalue weighted by atomic mass is 16.6. The van der Waals surface area contributed by atoms with Gasteiger partial charge in [-0.3, -0.25) is 0 Å². The predicted octanol–water partition coefficient (Wildman–Crippen LogP) is 2.69. The predicted molar refractivity (Wildman–Crippen MR) is 79.8 cm³/mol. The Morgan fingerprint density at radius 3 is 2.55 bits per heavy atom. The van der Waals surface area contributed by atoms with E-state index in [0.717, 1.165) is 25.7 Å². The second kappa shape index (κ2) is 9.37. The molecule has 0 aromatic heterocycles. The Hall–Kier alpha value is -1.55. The van der Waals surface area contributed by atoms with Gasteiger partial charge < -0.3 is 15.2 Å². The molecular formula is C16H25NO3. The number of esters is 1. The van der Waals surface area contributed by atoms with Gasteiger partial charge in [0.2, 0.25) is 0 Å². The second-order valence-corrected chi connectivity index (χ2v) is 4.88. The summed E-state index contributed by atoms with van der Waals surface area (Å²) < 4.78 is 10.4. The van der Waals surface area contributed by atoms with E-state index in [-0.39, 0.29) is 18.6 Å². The topological polar surface area (TPSA) is 61.5 Å². The quantitative estimate of drug-likeness (QED) is 0.557. The zero-order valence-electron chi connectivity index (χ0n) is 12.4. The number of hydrogen-bond acceptors (Lipinski definition) is 4. The molecule has 0 heterocycles. The van der Waals surface area contributed by atoms with Crippen molar-refractivity contribution >= 4 is 5.97 Å². The molecule has 2 N–H and O–H groups in total. The number of carbonyl (C=O) groups is 1. The number of ether oxygens (including phenoxy) is 2. The maximum Gasteiger partial charge on any atom is 0.344 e. The molecule has 1 aromatic rings. The van der Waals surface area contributed by atoms with Crippen molar-refractivity contribution in [1.29, 1.82) is 0 Å². The lowest BCUT2D eigenvalue weighted by atomic mass is 10.0. The van der Waals surface area contributed by atoms with Gasteiger partial charge in [0.25, 0.3) is 0 Å². The van der Waals surface area contributed by atoms with Gasteiger partial charge in [0, 0.05) is 6.04 Å². The Balaban J connectivity index is 2.32. The first kappa shape index (κ1) is 16.5. The first-order valence-corrected chi connectivity index (χ1v) is 7.28. The van der Waals surface area contributed by atoms with Gasteiger partial charge in [-0.25, -0.2) is 4.79 Å². The van der Waals surface area contributed by atoms with Crippen molar-refractivity contribution in [2.75, 3.05) is 13.2 Å². The normalized spacial score (nSPS) is 11.9. The fourth-order valence-electron chi connectivity index (χ4n) is 1.68. The van der Waals surface area contributed by atoms with Gasteiger partial charge in [-0.1, -0.05) is 32.4 Å². The molecule has 0 aliphatic rings. The van der Waals surface area contributed by atoms with Crippen LogP contribution in [0.3, 0.4) is 0 Å². The van der Waals surface area contributed by atoms with Gasteiger partial charge >= 0.3 is 5.97 Å². The maximum atomic E-state index is 11.4. The fraction of sp³-hybridized carbons (Fsp3) is 0.562. The molecule has 0 saturated carbocycles. The summed E-state index contributed by atoms with van der Waals surface area (Å²) in [4.78, 5) is 11.4. The van der Waals surface area contributed by atoms with E-state index in [0.29, 0.717) is 12.4 Å². The third-order valence-corrected chi connectivity index (χ3v) is 3.06. The number of benzene rings is 1. The number of hydrogen-bond donors (Lipinski definition) is 1. The van der Waals surface area contributed by atoms with Gasteiger partial charge in [-0.05, 0) is 37.0 Å². The van der Waals surface area contributed by atoms with Crippen LogP contribution in [0.15, 0.2) is 24.3 Å². The summed E-state index contributed by atoms with van der Waals surface area (Å²) >= 11 is 0. The van der Waals surface area contributed by atoms with Crippen LogP contribution in [0.5, 0.6) is 5.75 Å². The number of unbranched alkanes of at least 4 members (excludes halogenated alkanes) is 1. The Morgan fingerprint density at radius 1 is 1.25 bits per heavy atom. The zero-order valence-corrected chi connectivity index (χ0v) is 12.4. The van der Waals surface area contributed by atoms with Crippen LogP contribution in [0.4, 0.5) is 0 Å². The van der Waals surface area contributed by atoms with Gasteiger partial charge in [-0.2, -0.15) is 0 Å². The van der Waals surface area contributed by atoms with E-state index in [1.807, 2.05) is 24.3 Å². The highest BCUT2D eigenvalue weighted by Crippen LogP contribution is 2.13. The van der Waals surface area contributed by atoms with E-state index in [4.69, 9.17) is 15.2 Å². The third-order valence-electron chi connectivity index (χ3n) is 3.06. The largest absolute Gasteiger partial charge is 0.482 e. The van der Waals surface area contributed by atoms with Gasteiger partial charge in [0.05, 0.1) is 6.61 Å². The molecule has 1 rings (SSSR count). The van der Waals surface area contributed by atoms with Crippen LogP contribution in [0.2, 0.25) is 0 Å². The lowest BCUT2D eigenvalue weighted by Gasteiger charge is -2.10. The first-order chi connectivity index (χ1) is 9.65. The van der Waals surface area contributed by atoms with Crippen molar-refractivity contribution in [3.05, 3.63) is 29.8 Å². The van der Waals surface area contributed by atoms with E-state index in [1.54, 1.807) is 0 Å². The van der Waals surface area contributed by atoms with Crippen LogP contribution in [0.25, 0.3) is 0 Å². The molecule has 0 saturated heterocycles. The molecule has 1 unspecified atom stereocenters. The third kappa shape index (κ3) is 6.57. The van der Waals surface area contributed by atoms with E-state index < -0.39 is 0 Å². The Labute approximate surface area is 121 Å². The molecule has 0 radical (unpaired) electrons. The average Bonchev–Trinajstić information content (AvgIpc) is 2.46. The molecule has 0 fully saturated rings. The van der Waals surface area contributed by atoms with Crippen LogP contribution < -0.4 is 10.5 Å². The molecule has 4 nitrogen and oxygen atoms in total. The molecule has 0 amide bonds. The van der Waals surface area contributed by atoms with Gasteiger partial charge in [0.1, 0.15) is 5.75 Å². The first-order valence-electron chi connectivity index (χ1n) is 7.28. The molecule has 20 heavy (non-hydrogen) atoms. The number of carbonyl (C=O) groups excluding carboxylic acids is 1. The van der Waals surface area contributed by atoms with Crippen LogP contribution >= 0.6 is 0 Å².